The van der Waals surface area contributed by atoms with Crippen LogP contribution in [0.3, 0.4) is 0 Å². The zero-order valence-corrected chi connectivity index (χ0v) is 22.6. The first-order valence-electron chi connectivity index (χ1n) is 13.6. The number of alkyl halides is 3. The third-order valence-electron chi connectivity index (χ3n) is 7.85. The van der Waals surface area contributed by atoms with Crippen LogP contribution < -0.4 is 15.1 Å². The van der Waals surface area contributed by atoms with Crippen LogP contribution in [-0.4, -0.2) is 35.1 Å². The number of urea groups is 1. The van der Waals surface area contributed by atoms with E-state index in [4.69, 9.17) is 4.98 Å². The second kappa shape index (κ2) is 10.9. The Labute approximate surface area is 227 Å². The Bertz CT molecular complexity index is 1340. The van der Waals surface area contributed by atoms with Crippen molar-refractivity contribution < 1.29 is 18.0 Å². The van der Waals surface area contributed by atoms with E-state index >= 15 is 0 Å². The topological polar surface area (TPSA) is 61.4 Å². The fraction of sp³-hybridized carbons (Fsp3) is 0.433. The summed E-state index contributed by atoms with van der Waals surface area (Å²) in [5.74, 6) is 1.11. The quantitative estimate of drug-likeness (QED) is 0.354. The van der Waals surface area contributed by atoms with Gasteiger partial charge < -0.3 is 10.2 Å². The zero-order valence-electron chi connectivity index (χ0n) is 22.6. The number of hydrogen-bond acceptors (Lipinski definition) is 4. The summed E-state index contributed by atoms with van der Waals surface area (Å²) in [4.78, 5) is 26.9. The highest BCUT2D eigenvalue weighted by Crippen LogP contribution is 2.41. The fourth-order valence-electron chi connectivity index (χ4n) is 5.38. The number of nitrogens with one attached hydrogen (secondary N) is 1. The Morgan fingerprint density at radius 2 is 2.03 bits per heavy atom. The number of aromatic nitrogens is 2. The van der Waals surface area contributed by atoms with Gasteiger partial charge in [0.05, 0.1) is 34.9 Å². The molecule has 5 rings (SSSR count). The summed E-state index contributed by atoms with van der Waals surface area (Å²) >= 11 is 0. The maximum atomic E-state index is 13.7. The number of benzene rings is 1. The van der Waals surface area contributed by atoms with Crippen LogP contribution in [0.1, 0.15) is 56.4 Å². The number of rotatable bonds is 6. The standard InChI is InChI=1S/C30H34F3N5O/c1-4-19(2)10-11-23-12-13-24(17-34-23)35-29(39)38-25-9-6-14-37(18-25)26-15-20(3)27(36-28(26)38)21-7-5-8-22(16-21)30(31,32)33/h5,7-8,12-13,15-17,19,25H,4,6,9-11,14,18H2,1-3H3,(H,35,39)/t19-,25+/m1/s1. The van der Waals surface area contributed by atoms with Crippen LogP contribution in [0, 0.1) is 12.8 Å². The molecule has 1 saturated heterocycles. The molecule has 1 aromatic carbocycles. The SMILES string of the molecule is CC[C@@H](C)CCc1ccc(NC(=O)N2c3nc(-c4cccc(C(F)(F)F)c4)c(C)cc3N3CCC[C@H]2C3)cn1. The lowest BCUT2D eigenvalue weighted by molar-refractivity contribution is -0.137. The molecule has 0 unspecified atom stereocenters. The van der Waals surface area contributed by atoms with Gasteiger partial charge in [-0.2, -0.15) is 13.2 Å². The van der Waals surface area contributed by atoms with E-state index in [1.165, 1.54) is 6.07 Å². The smallest absolute Gasteiger partial charge is 0.366 e. The molecule has 206 valence electrons. The van der Waals surface area contributed by atoms with Crippen LogP contribution >= 0.6 is 0 Å². The molecule has 39 heavy (non-hydrogen) atoms. The molecule has 6 nitrogen and oxygen atoms in total. The highest BCUT2D eigenvalue weighted by Gasteiger charge is 2.39. The monoisotopic (exact) mass is 537 g/mol. The predicted octanol–water partition coefficient (Wildman–Crippen LogP) is 7.47. The van der Waals surface area contributed by atoms with Gasteiger partial charge in [-0.25, -0.2) is 9.78 Å². The molecule has 0 aliphatic carbocycles. The normalized spacial score (nSPS) is 17.5. The van der Waals surface area contributed by atoms with E-state index in [1.807, 2.05) is 25.1 Å². The summed E-state index contributed by atoms with van der Waals surface area (Å²) in [7, 11) is 0. The molecule has 0 saturated carbocycles. The van der Waals surface area contributed by atoms with Crippen molar-refractivity contribution in [2.75, 3.05) is 28.2 Å². The summed E-state index contributed by atoms with van der Waals surface area (Å²) in [6.45, 7) is 7.80. The summed E-state index contributed by atoms with van der Waals surface area (Å²) in [5, 5.41) is 2.98. The lowest BCUT2D eigenvalue weighted by atomic mass is 9.97. The summed E-state index contributed by atoms with van der Waals surface area (Å²) in [6, 6.07) is 10.5. The Morgan fingerprint density at radius 3 is 2.74 bits per heavy atom. The van der Waals surface area contributed by atoms with Crippen molar-refractivity contribution in [1.82, 2.24) is 9.97 Å². The highest BCUT2D eigenvalue weighted by molar-refractivity contribution is 6.04. The largest absolute Gasteiger partial charge is 0.416 e. The number of aryl methyl sites for hydroxylation is 2. The molecule has 2 bridgehead atoms. The first kappa shape index (κ1) is 27.0. The van der Waals surface area contributed by atoms with E-state index < -0.39 is 11.7 Å². The van der Waals surface area contributed by atoms with Gasteiger partial charge in [0.2, 0.25) is 0 Å². The average Bonchev–Trinajstić information content (AvgIpc) is 2.92. The van der Waals surface area contributed by atoms with Crippen molar-refractivity contribution >= 4 is 23.2 Å². The minimum Gasteiger partial charge on any atom is -0.366 e. The van der Waals surface area contributed by atoms with Gasteiger partial charge in [0.25, 0.3) is 0 Å². The van der Waals surface area contributed by atoms with Gasteiger partial charge in [-0.15, -0.1) is 0 Å². The molecule has 2 aliphatic rings. The molecule has 2 aliphatic heterocycles. The van der Waals surface area contributed by atoms with Gasteiger partial charge in [0.1, 0.15) is 0 Å². The molecule has 2 atom stereocenters. The molecule has 0 radical (unpaired) electrons. The number of anilines is 3. The van der Waals surface area contributed by atoms with E-state index in [2.05, 4.69) is 29.0 Å². The Balaban J connectivity index is 1.45. The number of hydrogen-bond donors (Lipinski definition) is 1. The van der Waals surface area contributed by atoms with Gasteiger partial charge in [0, 0.05) is 24.3 Å². The third-order valence-corrected chi connectivity index (χ3v) is 7.85. The molecule has 0 spiro atoms. The van der Waals surface area contributed by atoms with E-state index in [0.29, 0.717) is 35.2 Å². The van der Waals surface area contributed by atoms with Crippen molar-refractivity contribution in [3.8, 4) is 11.3 Å². The number of halogens is 3. The van der Waals surface area contributed by atoms with Crippen molar-refractivity contribution in [3.05, 3.63) is 65.5 Å². The van der Waals surface area contributed by atoms with Crippen LogP contribution in [0.5, 0.6) is 0 Å². The molecule has 1 N–H and O–H groups in total. The maximum Gasteiger partial charge on any atom is 0.416 e. The predicted molar refractivity (Wildman–Crippen MR) is 148 cm³/mol. The summed E-state index contributed by atoms with van der Waals surface area (Å²) < 4.78 is 40.2. The average molecular weight is 538 g/mol. The highest BCUT2D eigenvalue weighted by atomic mass is 19.4. The van der Waals surface area contributed by atoms with Crippen molar-refractivity contribution in [2.24, 2.45) is 5.92 Å². The van der Waals surface area contributed by atoms with Gasteiger partial charge in [-0.1, -0.05) is 32.4 Å². The van der Waals surface area contributed by atoms with Crippen LogP contribution in [0.15, 0.2) is 48.7 Å². The Morgan fingerprint density at radius 1 is 1.21 bits per heavy atom. The van der Waals surface area contributed by atoms with Crippen LogP contribution in [0.4, 0.5) is 35.2 Å². The van der Waals surface area contributed by atoms with Crippen LogP contribution in [0.2, 0.25) is 0 Å². The molecular formula is C30H34F3N5O. The molecule has 3 aromatic rings. The number of piperidine rings is 1. The number of carbonyl (C=O) groups excluding carboxylic acids is 1. The van der Waals surface area contributed by atoms with Crippen LogP contribution in [-0.2, 0) is 12.6 Å². The molecule has 2 aromatic heterocycles. The fourth-order valence-corrected chi connectivity index (χ4v) is 5.38. The molecule has 9 heteroatoms. The van der Waals surface area contributed by atoms with E-state index in [0.717, 1.165) is 67.7 Å². The number of pyridine rings is 2. The first-order chi connectivity index (χ1) is 18.6. The second-order valence-electron chi connectivity index (χ2n) is 10.7. The van der Waals surface area contributed by atoms with Crippen molar-refractivity contribution in [3.63, 3.8) is 0 Å². The van der Waals surface area contributed by atoms with Crippen molar-refractivity contribution in [1.29, 1.82) is 0 Å². The second-order valence-corrected chi connectivity index (χ2v) is 10.7. The molecule has 1 fully saturated rings. The summed E-state index contributed by atoms with van der Waals surface area (Å²) in [5.41, 5.74) is 3.25. The van der Waals surface area contributed by atoms with E-state index in [-0.39, 0.29) is 12.1 Å². The minimum absolute atomic E-state index is 0.0846. The van der Waals surface area contributed by atoms with E-state index in [1.54, 1.807) is 17.2 Å². The molecule has 2 amide bonds. The van der Waals surface area contributed by atoms with Gasteiger partial charge in [0.15, 0.2) is 5.82 Å². The van der Waals surface area contributed by atoms with E-state index in [9.17, 15) is 18.0 Å². The lowest BCUT2D eigenvalue weighted by Gasteiger charge is -2.46. The zero-order chi connectivity index (χ0) is 27.7. The van der Waals surface area contributed by atoms with Gasteiger partial charge >= 0.3 is 12.2 Å². The number of fused-ring (bicyclic) bond motifs is 4. The summed E-state index contributed by atoms with van der Waals surface area (Å²) in [6.07, 6.45) is 2.08. The molecule has 4 heterocycles. The number of amides is 2. The Hall–Kier alpha value is -3.62. The van der Waals surface area contributed by atoms with Gasteiger partial charge in [-0.05, 0) is 74.4 Å². The first-order valence-corrected chi connectivity index (χ1v) is 13.6. The maximum absolute atomic E-state index is 13.7. The number of nitrogens with zero attached hydrogens (tertiary/aromatic N) is 4. The lowest BCUT2D eigenvalue weighted by Crippen LogP contribution is -2.56. The van der Waals surface area contributed by atoms with Crippen LogP contribution in [0.25, 0.3) is 11.3 Å². The third kappa shape index (κ3) is 5.72. The van der Waals surface area contributed by atoms with Crippen molar-refractivity contribution in [2.45, 2.75) is 65.1 Å². The number of carbonyl (C=O) groups is 1. The minimum atomic E-state index is -4.45. The Kier molecular flexibility index (Phi) is 7.51. The van der Waals surface area contributed by atoms with Gasteiger partial charge in [-0.3, -0.25) is 9.88 Å². The molecular weight excluding hydrogens is 503 g/mol.